The minimum atomic E-state index is -0.976. The fourth-order valence-corrected chi connectivity index (χ4v) is 2.02. The third-order valence-corrected chi connectivity index (χ3v) is 3.17. The molecule has 0 saturated heterocycles. The van der Waals surface area contributed by atoms with Crippen molar-refractivity contribution < 1.29 is 14.6 Å². The van der Waals surface area contributed by atoms with Crippen LogP contribution < -0.4 is 10.1 Å². The summed E-state index contributed by atoms with van der Waals surface area (Å²) >= 11 is 0. The van der Waals surface area contributed by atoms with Crippen molar-refractivity contribution in [3.63, 3.8) is 0 Å². The number of aliphatic carboxylic acids is 1. The van der Waals surface area contributed by atoms with Gasteiger partial charge in [-0.25, -0.2) is 4.79 Å². The molecule has 2 aromatic rings. The third kappa shape index (κ3) is 4.93. The first kappa shape index (κ1) is 15.1. The Kier molecular flexibility index (Phi) is 5.35. The maximum atomic E-state index is 10.5. The van der Waals surface area contributed by atoms with Crippen molar-refractivity contribution in [3.8, 4) is 5.75 Å². The van der Waals surface area contributed by atoms with Crippen LogP contribution in [-0.2, 0) is 11.3 Å². The fraction of sp³-hybridized carbons (Fsp3) is 0.235. The average molecular weight is 285 g/mol. The van der Waals surface area contributed by atoms with E-state index in [0.717, 1.165) is 5.56 Å². The number of carboxylic acid groups (broad SMARTS) is 1. The number of hydrogen-bond donors (Lipinski definition) is 2. The SMILES string of the molecule is C[C@H](NCc1cccc(OCC(=O)O)c1)c1ccccc1. The summed E-state index contributed by atoms with van der Waals surface area (Å²) in [6.07, 6.45) is 0. The molecule has 4 heteroatoms. The Morgan fingerprint density at radius 3 is 2.67 bits per heavy atom. The molecule has 2 rings (SSSR count). The van der Waals surface area contributed by atoms with Gasteiger partial charge in [0.1, 0.15) is 5.75 Å². The van der Waals surface area contributed by atoms with Crippen molar-refractivity contribution in [2.24, 2.45) is 0 Å². The minimum absolute atomic E-state index is 0.245. The zero-order chi connectivity index (χ0) is 15.1. The summed E-state index contributed by atoms with van der Waals surface area (Å²) in [5.41, 5.74) is 2.29. The molecule has 0 bridgehead atoms. The molecule has 2 N–H and O–H groups in total. The smallest absolute Gasteiger partial charge is 0.341 e. The molecule has 0 heterocycles. The number of nitrogens with one attached hydrogen (secondary N) is 1. The van der Waals surface area contributed by atoms with Crippen LogP contribution in [-0.4, -0.2) is 17.7 Å². The molecule has 0 aromatic heterocycles. The van der Waals surface area contributed by atoms with Gasteiger partial charge in [-0.1, -0.05) is 42.5 Å². The van der Waals surface area contributed by atoms with Crippen LogP contribution in [0.15, 0.2) is 54.6 Å². The van der Waals surface area contributed by atoms with Gasteiger partial charge in [0.25, 0.3) is 0 Å². The number of carboxylic acids is 1. The molecule has 0 aliphatic heterocycles. The fourth-order valence-electron chi connectivity index (χ4n) is 2.02. The monoisotopic (exact) mass is 285 g/mol. The number of hydrogen-bond acceptors (Lipinski definition) is 3. The van der Waals surface area contributed by atoms with Gasteiger partial charge in [-0.2, -0.15) is 0 Å². The minimum Gasteiger partial charge on any atom is -0.482 e. The van der Waals surface area contributed by atoms with Crippen LogP contribution in [0, 0.1) is 0 Å². The average Bonchev–Trinajstić information content (AvgIpc) is 2.52. The van der Waals surface area contributed by atoms with Crippen LogP contribution >= 0.6 is 0 Å². The lowest BCUT2D eigenvalue weighted by atomic mass is 10.1. The summed E-state index contributed by atoms with van der Waals surface area (Å²) in [4.78, 5) is 10.5. The molecule has 0 spiro atoms. The number of carbonyl (C=O) groups is 1. The van der Waals surface area contributed by atoms with Gasteiger partial charge in [0.05, 0.1) is 0 Å². The second-order valence-electron chi connectivity index (χ2n) is 4.84. The lowest BCUT2D eigenvalue weighted by molar-refractivity contribution is -0.139. The van der Waals surface area contributed by atoms with Crippen molar-refractivity contribution in [1.82, 2.24) is 5.32 Å². The topological polar surface area (TPSA) is 58.6 Å². The van der Waals surface area contributed by atoms with E-state index in [0.29, 0.717) is 12.3 Å². The molecule has 0 amide bonds. The second kappa shape index (κ2) is 7.45. The molecule has 0 saturated carbocycles. The molecule has 4 nitrogen and oxygen atoms in total. The maximum Gasteiger partial charge on any atom is 0.341 e. The van der Waals surface area contributed by atoms with Crippen LogP contribution in [0.3, 0.4) is 0 Å². The first-order valence-corrected chi connectivity index (χ1v) is 6.87. The highest BCUT2D eigenvalue weighted by atomic mass is 16.5. The molecule has 0 radical (unpaired) electrons. The highest BCUT2D eigenvalue weighted by molar-refractivity contribution is 5.68. The lowest BCUT2D eigenvalue weighted by Crippen LogP contribution is -2.18. The Bertz CT molecular complexity index is 584. The number of rotatable bonds is 7. The molecule has 0 aliphatic rings. The van der Waals surface area contributed by atoms with E-state index in [1.54, 1.807) is 6.07 Å². The van der Waals surface area contributed by atoms with Crippen molar-refractivity contribution >= 4 is 5.97 Å². The molecule has 21 heavy (non-hydrogen) atoms. The molecule has 0 unspecified atom stereocenters. The third-order valence-electron chi connectivity index (χ3n) is 3.17. The van der Waals surface area contributed by atoms with Crippen LogP contribution in [0.25, 0.3) is 0 Å². The Labute approximate surface area is 124 Å². The van der Waals surface area contributed by atoms with E-state index in [4.69, 9.17) is 9.84 Å². The predicted octanol–water partition coefficient (Wildman–Crippen LogP) is 3.00. The van der Waals surface area contributed by atoms with E-state index in [-0.39, 0.29) is 12.6 Å². The summed E-state index contributed by atoms with van der Waals surface area (Å²) in [7, 11) is 0. The van der Waals surface area contributed by atoms with Gasteiger partial charge in [0.15, 0.2) is 6.61 Å². The Balaban J connectivity index is 1.91. The first-order chi connectivity index (χ1) is 10.1. The van der Waals surface area contributed by atoms with Crippen LogP contribution in [0.1, 0.15) is 24.1 Å². The molecule has 110 valence electrons. The Hall–Kier alpha value is -2.33. The van der Waals surface area contributed by atoms with Crippen molar-refractivity contribution in [3.05, 3.63) is 65.7 Å². The zero-order valence-corrected chi connectivity index (χ0v) is 12.0. The molecule has 1 atom stereocenters. The summed E-state index contributed by atoms with van der Waals surface area (Å²) in [5, 5.41) is 12.0. The Morgan fingerprint density at radius 1 is 1.19 bits per heavy atom. The highest BCUT2D eigenvalue weighted by Gasteiger charge is 2.05. The van der Waals surface area contributed by atoms with E-state index >= 15 is 0 Å². The summed E-state index contributed by atoms with van der Waals surface area (Å²) in [6, 6.07) is 17.9. The van der Waals surface area contributed by atoms with E-state index < -0.39 is 5.97 Å². The molecule has 2 aromatic carbocycles. The molecule has 0 fully saturated rings. The van der Waals surface area contributed by atoms with Gasteiger partial charge in [-0.05, 0) is 30.2 Å². The van der Waals surface area contributed by atoms with Crippen molar-refractivity contribution in [1.29, 1.82) is 0 Å². The summed E-state index contributed by atoms with van der Waals surface area (Å²) in [6.45, 7) is 2.48. The molecule has 0 aliphatic carbocycles. The number of ether oxygens (including phenoxy) is 1. The predicted molar refractivity (Wildman–Crippen MR) is 81.3 cm³/mol. The van der Waals surface area contributed by atoms with Gasteiger partial charge in [0, 0.05) is 12.6 Å². The van der Waals surface area contributed by atoms with Crippen LogP contribution in [0.4, 0.5) is 0 Å². The number of benzene rings is 2. The molecular formula is C17H19NO3. The van der Waals surface area contributed by atoms with Crippen molar-refractivity contribution in [2.45, 2.75) is 19.5 Å². The van der Waals surface area contributed by atoms with Crippen LogP contribution in [0.5, 0.6) is 5.75 Å². The van der Waals surface area contributed by atoms with Crippen molar-refractivity contribution in [2.75, 3.05) is 6.61 Å². The van der Waals surface area contributed by atoms with E-state index in [1.807, 2.05) is 36.4 Å². The second-order valence-corrected chi connectivity index (χ2v) is 4.84. The van der Waals surface area contributed by atoms with Gasteiger partial charge in [0.2, 0.25) is 0 Å². The van der Waals surface area contributed by atoms with Crippen LogP contribution in [0.2, 0.25) is 0 Å². The van der Waals surface area contributed by atoms with Gasteiger partial charge < -0.3 is 15.2 Å². The lowest BCUT2D eigenvalue weighted by Gasteiger charge is -2.14. The van der Waals surface area contributed by atoms with Gasteiger partial charge >= 0.3 is 5.97 Å². The van der Waals surface area contributed by atoms with Gasteiger partial charge in [-0.15, -0.1) is 0 Å². The van der Waals surface area contributed by atoms with E-state index in [2.05, 4.69) is 24.4 Å². The Morgan fingerprint density at radius 2 is 1.95 bits per heavy atom. The highest BCUT2D eigenvalue weighted by Crippen LogP contribution is 2.16. The quantitative estimate of drug-likeness (QED) is 0.821. The van der Waals surface area contributed by atoms with E-state index in [1.165, 1.54) is 5.56 Å². The molecular weight excluding hydrogens is 266 g/mol. The van der Waals surface area contributed by atoms with Gasteiger partial charge in [-0.3, -0.25) is 0 Å². The summed E-state index contributed by atoms with van der Waals surface area (Å²) < 4.78 is 5.17. The standard InChI is InChI=1S/C17H19NO3/c1-13(15-7-3-2-4-8-15)18-11-14-6-5-9-16(10-14)21-12-17(19)20/h2-10,13,18H,11-12H2,1H3,(H,19,20)/t13-/m0/s1. The summed E-state index contributed by atoms with van der Waals surface area (Å²) in [5.74, 6) is -0.403. The largest absolute Gasteiger partial charge is 0.482 e. The maximum absolute atomic E-state index is 10.5. The van der Waals surface area contributed by atoms with E-state index in [9.17, 15) is 4.79 Å². The first-order valence-electron chi connectivity index (χ1n) is 6.87. The zero-order valence-electron chi connectivity index (χ0n) is 12.0. The normalized spacial score (nSPS) is 11.9.